The Kier molecular flexibility index (Phi) is 6.31. The van der Waals surface area contributed by atoms with Gasteiger partial charge in [0.15, 0.2) is 6.29 Å². The first-order valence-corrected chi connectivity index (χ1v) is 8.69. The zero-order valence-corrected chi connectivity index (χ0v) is 15.3. The summed E-state index contributed by atoms with van der Waals surface area (Å²) in [5.74, 6) is 3.04. The molecule has 130 valence electrons. The highest BCUT2D eigenvalue weighted by Gasteiger charge is 2.17. The monoisotopic (exact) mass is 356 g/mol. The normalized spacial score (nSPS) is 10.4. The highest BCUT2D eigenvalue weighted by Crippen LogP contribution is 2.31. The summed E-state index contributed by atoms with van der Waals surface area (Å²) < 4.78 is 5.66. The van der Waals surface area contributed by atoms with Crippen molar-refractivity contribution in [2.75, 3.05) is 13.2 Å². The molecule has 0 aliphatic carbocycles. The number of aromatic nitrogens is 1. The van der Waals surface area contributed by atoms with E-state index >= 15 is 0 Å². The zero-order chi connectivity index (χ0) is 18.4. The van der Waals surface area contributed by atoms with Gasteiger partial charge in [-0.1, -0.05) is 19.8 Å². The number of ether oxygens (including phenoxy) is 1. The molecule has 0 saturated heterocycles. The highest BCUT2D eigenvalue weighted by atomic mass is 32.1. The zero-order valence-electron chi connectivity index (χ0n) is 14.5. The van der Waals surface area contributed by atoms with Crippen LogP contribution < -0.4 is 10.1 Å². The van der Waals surface area contributed by atoms with Crippen LogP contribution in [-0.2, 0) is 0 Å². The van der Waals surface area contributed by atoms with Crippen LogP contribution >= 0.6 is 11.3 Å². The summed E-state index contributed by atoms with van der Waals surface area (Å²) in [5, 5.41) is 3.30. The van der Waals surface area contributed by atoms with Gasteiger partial charge in [-0.3, -0.25) is 9.59 Å². The Morgan fingerprint density at radius 2 is 2.24 bits per heavy atom. The first kappa shape index (κ1) is 18.7. The molecule has 2 aromatic rings. The second-order valence-electron chi connectivity index (χ2n) is 5.90. The van der Waals surface area contributed by atoms with Crippen LogP contribution in [0.5, 0.6) is 5.75 Å². The molecular weight excluding hydrogens is 336 g/mol. The van der Waals surface area contributed by atoms with Crippen LogP contribution in [0.1, 0.15) is 39.6 Å². The summed E-state index contributed by atoms with van der Waals surface area (Å²) in [4.78, 5) is 28.4. The maximum atomic E-state index is 12.1. The maximum Gasteiger partial charge on any atom is 0.264 e. The largest absolute Gasteiger partial charge is 0.493 e. The highest BCUT2D eigenvalue weighted by molar-refractivity contribution is 7.17. The lowest BCUT2D eigenvalue weighted by atomic mass is 10.1. The summed E-state index contributed by atoms with van der Waals surface area (Å²) >= 11 is 1.27. The molecule has 2 rings (SSSR count). The van der Waals surface area contributed by atoms with E-state index < -0.39 is 0 Å². The number of aryl methyl sites for hydroxylation is 1. The number of carbonyl (C=O) groups is 2. The third kappa shape index (κ3) is 4.68. The number of amides is 1. The first-order chi connectivity index (χ1) is 12.0. The van der Waals surface area contributed by atoms with E-state index in [1.165, 1.54) is 11.3 Å². The van der Waals surface area contributed by atoms with Crippen molar-refractivity contribution < 1.29 is 14.3 Å². The predicted octanol–water partition coefficient (Wildman–Crippen LogP) is 3.33. The number of hydrogen-bond donors (Lipinski definition) is 1. The third-order valence-corrected chi connectivity index (χ3v) is 4.51. The van der Waals surface area contributed by atoms with Crippen molar-refractivity contribution in [3.8, 4) is 28.7 Å². The number of hydrogen-bond acceptors (Lipinski definition) is 5. The molecule has 0 saturated carbocycles. The van der Waals surface area contributed by atoms with Gasteiger partial charge in [0.2, 0.25) is 0 Å². The summed E-state index contributed by atoms with van der Waals surface area (Å²) in [6.45, 7) is 6.56. The molecule has 0 radical (unpaired) electrons. The Balaban J connectivity index is 2.28. The molecule has 1 amide bonds. The number of nitrogens with zero attached hydrogens (tertiary/aromatic N) is 1. The molecule has 0 aliphatic rings. The summed E-state index contributed by atoms with van der Waals surface area (Å²) in [7, 11) is 0. The molecule has 25 heavy (non-hydrogen) atoms. The van der Waals surface area contributed by atoms with Gasteiger partial charge in [-0.15, -0.1) is 17.8 Å². The quantitative estimate of drug-likeness (QED) is 0.610. The summed E-state index contributed by atoms with van der Waals surface area (Å²) in [6.07, 6.45) is 5.92. The van der Waals surface area contributed by atoms with Gasteiger partial charge in [0, 0.05) is 5.56 Å². The molecule has 1 aromatic carbocycles. The van der Waals surface area contributed by atoms with E-state index in [1.807, 2.05) is 19.9 Å². The molecule has 0 atom stereocenters. The Morgan fingerprint density at radius 3 is 2.88 bits per heavy atom. The minimum absolute atomic E-state index is 0.169. The van der Waals surface area contributed by atoms with Crippen molar-refractivity contribution in [2.24, 2.45) is 5.92 Å². The molecular formula is C19H20N2O3S. The third-order valence-electron chi connectivity index (χ3n) is 3.31. The molecule has 0 fully saturated rings. The Bertz CT molecular complexity index is 819. The van der Waals surface area contributed by atoms with Gasteiger partial charge in [-0.25, -0.2) is 4.98 Å². The number of nitrogens with one attached hydrogen (secondary N) is 1. The predicted molar refractivity (Wildman–Crippen MR) is 99.2 cm³/mol. The van der Waals surface area contributed by atoms with Crippen LogP contribution in [0.3, 0.4) is 0 Å². The average Bonchev–Trinajstić information content (AvgIpc) is 2.99. The molecule has 0 aliphatic heterocycles. The molecule has 0 bridgehead atoms. The van der Waals surface area contributed by atoms with Crippen LogP contribution in [0.4, 0.5) is 0 Å². The van der Waals surface area contributed by atoms with E-state index in [4.69, 9.17) is 11.2 Å². The maximum absolute atomic E-state index is 12.1. The second kappa shape index (κ2) is 8.45. The Hall–Kier alpha value is -2.65. The van der Waals surface area contributed by atoms with E-state index in [1.54, 1.807) is 19.1 Å². The lowest BCUT2D eigenvalue weighted by Gasteiger charge is -2.11. The lowest BCUT2D eigenvalue weighted by molar-refractivity contribution is 0.0961. The Morgan fingerprint density at radius 1 is 1.48 bits per heavy atom. The fourth-order valence-electron chi connectivity index (χ4n) is 2.10. The lowest BCUT2D eigenvalue weighted by Crippen LogP contribution is -2.23. The van der Waals surface area contributed by atoms with Gasteiger partial charge in [0.25, 0.3) is 5.91 Å². The number of thiazole rings is 1. The number of aldehydes is 1. The SMILES string of the molecule is C#CCNC(=O)c1sc(-c2ccc(OCC(C)C)c(C=O)c2)nc1C. The summed E-state index contributed by atoms with van der Waals surface area (Å²) in [5.41, 5.74) is 1.86. The van der Waals surface area contributed by atoms with E-state index in [2.05, 4.69) is 16.2 Å². The summed E-state index contributed by atoms with van der Waals surface area (Å²) in [6, 6.07) is 5.32. The van der Waals surface area contributed by atoms with Crippen LogP contribution in [0.25, 0.3) is 10.6 Å². The average molecular weight is 356 g/mol. The number of terminal acetylenes is 1. The topological polar surface area (TPSA) is 68.3 Å². The van der Waals surface area contributed by atoms with Gasteiger partial charge < -0.3 is 10.1 Å². The van der Waals surface area contributed by atoms with Gasteiger partial charge in [-0.2, -0.15) is 0 Å². The molecule has 1 heterocycles. The van der Waals surface area contributed by atoms with E-state index in [0.29, 0.717) is 39.4 Å². The minimum Gasteiger partial charge on any atom is -0.493 e. The molecule has 5 nitrogen and oxygen atoms in total. The number of benzene rings is 1. The van der Waals surface area contributed by atoms with Gasteiger partial charge in [0.05, 0.1) is 24.4 Å². The van der Waals surface area contributed by atoms with Crippen molar-refractivity contribution in [3.05, 3.63) is 34.3 Å². The van der Waals surface area contributed by atoms with Crippen LogP contribution in [0.15, 0.2) is 18.2 Å². The van der Waals surface area contributed by atoms with E-state index in [9.17, 15) is 9.59 Å². The first-order valence-electron chi connectivity index (χ1n) is 7.87. The van der Waals surface area contributed by atoms with Crippen LogP contribution in [0, 0.1) is 25.2 Å². The molecule has 0 unspecified atom stereocenters. The van der Waals surface area contributed by atoms with Crippen LogP contribution in [-0.4, -0.2) is 30.3 Å². The molecule has 6 heteroatoms. The van der Waals surface area contributed by atoms with E-state index in [-0.39, 0.29) is 12.5 Å². The van der Waals surface area contributed by atoms with Crippen molar-refractivity contribution >= 4 is 23.5 Å². The van der Waals surface area contributed by atoms with Crippen LogP contribution in [0.2, 0.25) is 0 Å². The minimum atomic E-state index is -0.244. The van der Waals surface area contributed by atoms with Crippen molar-refractivity contribution in [1.29, 1.82) is 0 Å². The molecule has 1 N–H and O–H groups in total. The Labute approximate surface area is 151 Å². The fraction of sp³-hybridized carbons (Fsp3) is 0.316. The van der Waals surface area contributed by atoms with Gasteiger partial charge in [-0.05, 0) is 31.0 Å². The van der Waals surface area contributed by atoms with Gasteiger partial charge in [0.1, 0.15) is 15.6 Å². The fourth-order valence-corrected chi connectivity index (χ4v) is 3.08. The van der Waals surface area contributed by atoms with Crippen molar-refractivity contribution in [2.45, 2.75) is 20.8 Å². The smallest absolute Gasteiger partial charge is 0.264 e. The van der Waals surface area contributed by atoms with Crippen molar-refractivity contribution in [3.63, 3.8) is 0 Å². The number of carbonyl (C=O) groups excluding carboxylic acids is 2. The molecule has 1 aromatic heterocycles. The van der Waals surface area contributed by atoms with Crippen molar-refractivity contribution in [1.82, 2.24) is 10.3 Å². The standard InChI is InChI=1S/C19H20N2O3S/c1-5-8-20-18(23)17-13(4)21-19(25-17)14-6-7-16(15(9-14)10-22)24-11-12(2)3/h1,6-7,9-10,12H,8,11H2,2-4H3,(H,20,23). The number of rotatable bonds is 7. The van der Waals surface area contributed by atoms with E-state index in [0.717, 1.165) is 11.8 Å². The van der Waals surface area contributed by atoms with Gasteiger partial charge >= 0.3 is 0 Å². The molecule has 0 spiro atoms. The second-order valence-corrected chi connectivity index (χ2v) is 6.89.